The number of nitrogens with zero attached hydrogens (tertiary/aromatic N) is 1. The maximum atomic E-state index is 13.8. The Kier molecular flexibility index (Phi) is 12.5. The van der Waals surface area contributed by atoms with Gasteiger partial charge in [0.1, 0.15) is 54.9 Å². The van der Waals surface area contributed by atoms with Crippen molar-refractivity contribution in [2.45, 2.75) is 146 Å². The number of aromatic nitrogens is 2. The molecule has 2 aromatic rings. The number of benzene rings is 1. The molecule has 0 aliphatic carbocycles. The monoisotopic (exact) mass is 804 g/mol. The van der Waals surface area contributed by atoms with Gasteiger partial charge in [0.05, 0.1) is 7.11 Å². The number of ether oxygens (including phenoxy) is 10. The molecule has 19 heteroatoms. The summed E-state index contributed by atoms with van der Waals surface area (Å²) in [6.07, 6.45) is -9.32. The second kappa shape index (κ2) is 16.8. The van der Waals surface area contributed by atoms with E-state index in [0.29, 0.717) is 18.4 Å². The molecule has 0 spiro atoms. The second-order valence-corrected chi connectivity index (χ2v) is 15.6. The largest absolute Gasteiger partial charge is 0.467 e. The Hall–Kier alpha value is -4.37. The summed E-state index contributed by atoms with van der Waals surface area (Å²) < 4.78 is 62.4. The Labute approximate surface area is 328 Å². The summed E-state index contributed by atoms with van der Waals surface area (Å²) in [6, 6.07) is 8.41. The molecule has 0 saturated carbocycles. The van der Waals surface area contributed by atoms with E-state index in [2.05, 4.69) is 15.6 Å². The summed E-state index contributed by atoms with van der Waals surface area (Å²) in [7, 11) is 1.13. The number of esters is 1. The zero-order chi connectivity index (χ0) is 41.3. The van der Waals surface area contributed by atoms with Crippen molar-refractivity contribution >= 4 is 18.2 Å². The van der Waals surface area contributed by atoms with Gasteiger partial charge in [-0.3, -0.25) is 14.3 Å². The highest BCUT2D eigenvalue weighted by atomic mass is 16.8. The van der Waals surface area contributed by atoms with E-state index in [0.717, 1.165) is 17.7 Å². The Balaban J connectivity index is 1.36. The highest BCUT2D eigenvalue weighted by Gasteiger charge is 2.63. The van der Waals surface area contributed by atoms with Crippen LogP contribution in [-0.2, 0) is 58.8 Å². The standard InChI is InChI=1S/C38H52N4O15/c1-9-38(10-2)55-24-21(18-39-34(46)57-36(3,4)5)50-32(29(24)56-38)52-25(23(31(44)48-8)41-35(47)49-19-20-14-12-11-13-15-20)26-27-28(54-37(6,7)53-27)30(51-26)42-17-16-22(43)40-33(42)45/h11-17,21,23-30,32H,9-10,18-19H2,1-8H3,(H,39,46)(H,41,47)(H,40,43,45)/t21-,23+,24-,25+,26-,27-,28-,29-,30-,32+/m1/s1. The molecule has 1 aromatic heterocycles. The highest BCUT2D eigenvalue weighted by Crippen LogP contribution is 2.47. The number of alkyl carbamates (subject to hydrolysis) is 2. The number of methoxy groups -OCH3 is 1. The number of carbonyl (C=O) groups excluding carboxylic acids is 3. The van der Waals surface area contributed by atoms with Crippen LogP contribution in [0.25, 0.3) is 0 Å². The first-order chi connectivity index (χ1) is 26.9. The van der Waals surface area contributed by atoms with Gasteiger partial charge < -0.3 is 58.0 Å². The van der Waals surface area contributed by atoms with Crippen LogP contribution in [0.1, 0.15) is 73.1 Å². The third-order valence-corrected chi connectivity index (χ3v) is 9.97. The molecule has 3 N–H and O–H groups in total. The summed E-state index contributed by atoms with van der Waals surface area (Å²) in [5, 5.41) is 5.30. The van der Waals surface area contributed by atoms with Gasteiger partial charge in [-0.25, -0.2) is 19.2 Å². The fourth-order valence-electron chi connectivity index (χ4n) is 7.36. The van der Waals surface area contributed by atoms with Gasteiger partial charge in [-0.15, -0.1) is 0 Å². The quantitative estimate of drug-likeness (QED) is 0.195. The molecular weight excluding hydrogens is 752 g/mol. The van der Waals surface area contributed by atoms with E-state index in [1.807, 2.05) is 19.9 Å². The molecule has 4 fully saturated rings. The molecule has 0 bridgehead atoms. The van der Waals surface area contributed by atoms with Crippen LogP contribution in [0.4, 0.5) is 9.59 Å². The van der Waals surface area contributed by atoms with Gasteiger partial charge in [0.15, 0.2) is 30.1 Å². The van der Waals surface area contributed by atoms with E-state index < -0.39 is 108 Å². The number of H-pyrrole nitrogens is 1. The first-order valence-corrected chi connectivity index (χ1v) is 19.0. The summed E-state index contributed by atoms with van der Waals surface area (Å²) in [5.74, 6) is -3.19. The Morgan fingerprint density at radius 3 is 2.25 bits per heavy atom. The van der Waals surface area contributed by atoms with E-state index in [-0.39, 0.29) is 13.2 Å². The molecule has 6 rings (SSSR count). The van der Waals surface area contributed by atoms with Crippen molar-refractivity contribution < 1.29 is 61.8 Å². The van der Waals surface area contributed by atoms with Gasteiger partial charge in [0, 0.05) is 18.8 Å². The molecule has 0 unspecified atom stereocenters. The lowest BCUT2D eigenvalue weighted by Crippen LogP contribution is -2.58. The van der Waals surface area contributed by atoms with Crippen LogP contribution in [0.2, 0.25) is 0 Å². The molecule has 10 atom stereocenters. The van der Waals surface area contributed by atoms with E-state index in [1.54, 1.807) is 58.9 Å². The molecule has 57 heavy (non-hydrogen) atoms. The van der Waals surface area contributed by atoms with Gasteiger partial charge >= 0.3 is 23.8 Å². The summed E-state index contributed by atoms with van der Waals surface area (Å²) >= 11 is 0. The molecule has 0 radical (unpaired) electrons. The van der Waals surface area contributed by atoms with Crippen LogP contribution in [0, 0.1) is 0 Å². The Morgan fingerprint density at radius 2 is 1.60 bits per heavy atom. The molecular formula is C38H52N4O15. The number of fused-ring (bicyclic) bond motifs is 2. The number of hydrogen-bond acceptors (Lipinski definition) is 15. The van der Waals surface area contributed by atoms with Crippen LogP contribution >= 0.6 is 0 Å². The van der Waals surface area contributed by atoms with Crippen LogP contribution in [0.15, 0.2) is 52.2 Å². The van der Waals surface area contributed by atoms with Crippen molar-refractivity contribution in [1.82, 2.24) is 20.2 Å². The first kappa shape index (κ1) is 42.2. The smallest absolute Gasteiger partial charge is 0.408 e. The van der Waals surface area contributed by atoms with Crippen molar-refractivity contribution in [2.75, 3.05) is 13.7 Å². The SMILES string of the molecule is CCC1(CC)O[C@H]2[C@H](O[C@H]([C@H]3O[C@@H](n4ccc(=O)[nH]c4=O)[C@@H]4OC(C)(C)O[C@H]34)[C@H](NC(=O)OCc3ccccc3)C(=O)OC)O[C@H](CNC(=O)OC(C)(C)C)[C@H]2O1. The van der Waals surface area contributed by atoms with E-state index >= 15 is 0 Å². The first-order valence-electron chi connectivity index (χ1n) is 19.0. The lowest BCUT2D eigenvalue weighted by Gasteiger charge is -2.36. The molecule has 314 valence electrons. The zero-order valence-corrected chi connectivity index (χ0v) is 33.2. The number of rotatable bonds is 13. The van der Waals surface area contributed by atoms with Crippen LogP contribution in [0.5, 0.6) is 0 Å². The second-order valence-electron chi connectivity index (χ2n) is 15.6. The predicted molar refractivity (Wildman–Crippen MR) is 195 cm³/mol. The summed E-state index contributed by atoms with van der Waals surface area (Å²) in [4.78, 5) is 67.2. The highest BCUT2D eigenvalue weighted by molar-refractivity contribution is 5.82. The molecule has 1 aromatic carbocycles. The number of aromatic amines is 1. The Bertz CT molecular complexity index is 1860. The summed E-state index contributed by atoms with van der Waals surface area (Å²) in [6.45, 7) is 12.2. The van der Waals surface area contributed by atoms with Crippen LogP contribution < -0.4 is 21.9 Å². The minimum absolute atomic E-state index is 0.0645. The van der Waals surface area contributed by atoms with Crippen molar-refractivity contribution in [3.63, 3.8) is 0 Å². The topological polar surface area (TPSA) is 222 Å². The van der Waals surface area contributed by atoms with Crippen molar-refractivity contribution in [2.24, 2.45) is 0 Å². The van der Waals surface area contributed by atoms with Gasteiger partial charge in [-0.05, 0) is 53.0 Å². The number of hydrogen-bond donors (Lipinski definition) is 3. The molecule has 4 aliphatic rings. The fraction of sp³-hybridized carbons (Fsp3) is 0.658. The lowest BCUT2D eigenvalue weighted by atomic mass is 9.99. The average Bonchev–Trinajstić information content (AvgIpc) is 3.88. The molecule has 4 saturated heterocycles. The van der Waals surface area contributed by atoms with E-state index in [9.17, 15) is 24.0 Å². The molecule has 5 heterocycles. The molecule has 2 amide bonds. The minimum Gasteiger partial charge on any atom is -0.467 e. The van der Waals surface area contributed by atoms with Crippen LogP contribution in [0.3, 0.4) is 0 Å². The maximum absolute atomic E-state index is 13.8. The lowest BCUT2D eigenvalue weighted by molar-refractivity contribution is -0.275. The number of amides is 2. The van der Waals surface area contributed by atoms with Gasteiger partial charge in [-0.2, -0.15) is 0 Å². The fourth-order valence-corrected chi connectivity index (χ4v) is 7.36. The van der Waals surface area contributed by atoms with E-state index in [4.69, 9.17) is 47.4 Å². The minimum atomic E-state index is -1.65. The van der Waals surface area contributed by atoms with Crippen molar-refractivity contribution in [1.29, 1.82) is 0 Å². The number of nitrogens with one attached hydrogen (secondary N) is 3. The normalized spacial score (nSPS) is 29.5. The van der Waals surface area contributed by atoms with Gasteiger partial charge in [0.25, 0.3) is 5.56 Å². The van der Waals surface area contributed by atoms with E-state index in [1.165, 1.54) is 6.20 Å². The zero-order valence-electron chi connectivity index (χ0n) is 33.2. The third kappa shape index (κ3) is 9.51. The third-order valence-electron chi connectivity index (χ3n) is 9.97. The van der Waals surface area contributed by atoms with Crippen LogP contribution in [-0.4, -0.2) is 114 Å². The molecule has 4 aliphatic heterocycles. The number of carbonyl (C=O) groups is 3. The molecule has 19 nitrogen and oxygen atoms in total. The summed E-state index contributed by atoms with van der Waals surface area (Å²) in [5.41, 5.74) is -1.49. The maximum Gasteiger partial charge on any atom is 0.408 e. The van der Waals surface area contributed by atoms with Crippen molar-refractivity contribution in [3.8, 4) is 0 Å². The van der Waals surface area contributed by atoms with Crippen molar-refractivity contribution in [3.05, 3.63) is 69.0 Å². The predicted octanol–water partition coefficient (Wildman–Crippen LogP) is 2.36. The van der Waals surface area contributed by atoms with Gasteiger partial charge in [-0.1, -0.05) is 44.2 Å². The average molecular weight is 805 g/mol. The Morgan fingerprint density at radius 1 is 0.912 bits per heavy atom. The van der Waals surface area contributed by atoms with Gasteiger partial charge in [0.2, 0.25) is 0 Å².